The predicted octanol–water partition coefficient (Wildman–Crippen LogP) is -1.74. The van der Waals surface area contributed by atoms with Crippen molar-refractivity contribution in [2.75, 3.05) is 6.61 Å². The van der Waals surface area contributed by atoms with Gasteiger partial charge < -0.3 is 15.5 Å². The number of rotatable bonds is 4. The summed E-state index contributed by atoms with van der Waals surface area (Å²) in [5.41, 5.74) is 0. The van der Waals surface area contributed by atoms with Crippen LogP contribution in [-0.2, 0) is 9.59 Å². The summed E-state index contributed by atoms with van der Waals surface area (Å²) in [6, 6.07) is -0.598. The zero-order valence-corrected chi connectivity index (χ0v) is 6.99. The molecule has 6 heteroatoms. The molecule has 0 spiro atoms. The summed E-state index contributed by atoms with van der Waals surface area (Å²) in [6.07, 6.45) is -0.00559. The number of carboxylic acid groups (broad SMARTS) is 1. The number of nitrogens with one attached hydrogen (secondary N) is 2. The van der Waals surface area contributed by atoms with Gasteiger partial charge in [-0.1, -0.05) is 0 Å². The molecule has 1 heterocycles. The fourth-order valence-electron chi connectivity index (χ4n) is 1.19. The highest BCUT2D eigenvalue weighted by molar-refractivity contribution is 5.84. The van der Waals surface area contributed by atoms with Gasteiger partial charge >= 0.3 is 5.97 Å². The fourth-order valence-corrected chi connectivity index (χ4v) is 1.19. The number of amides is 1. The van der Waals surface area contributed by atoms with Gasteiger partial charge in [-0.15, -0.1) is 0 Å². The maximum Gasteiger partial charge on any atom is 0.303 e. The van der Waals surface area contributed by atoms with Crippen LogP contribution in [-0.4, -0.2) is 40.9 Å². The Balaban J connectivity index is 2.31. The van der Waals surface area contributed by atoms with Crippen LogP contribution in [0.1, 0.15) is 12.8 Å². The molecule has 0 bridgehead atoms. The van der Waals surface area contributed by atoms with E-state index in [1.165, 1.54) is 0 Å². The lowest BCUT2D eigenvalue weighted by atomic mass is 10.2. The van der Waals surface area contributed by atoms with Gasteiger partial charge in [0, 0.05) is 6.42 Å². The van der Waals surface area contributed by atoms with E-state index >= 15 is 0 Å². The van der Waals surface area contributed by atoms with Crippen molar-refractivity contribution in [1.82, 2.24) is 10.6 Å². The van der Waals surface area contributed by atoms with Gasteiger partial charge in [-0.3, -0.25) is 14.9 Å². The Morgan fingerprint density at radius 3 is 2.69 bits per heavy atom. The average Bonchev–Trinajstić information content (AvgIpc) is 2.43. The van der Waals surface area contributed by atoms with E-state index in [0.29, 0.717) is 6.42 Å². The molecule has 13 heavy (non-hydrogen) atoms. The Hall–Kier alpha value is -1.14. The zero-order valence-electron chi connectivity index (χ0n) is 6.99. The van der Waals surface area contributed by atoms with E-state index in [2.05, 4.69) is 10.6 Å². The molecule has 4 N–H and O–H groups in total. The van der Waals surface area contributed by atoms with E-state index in [-0.39, 0.29) is 25.1 Å². The minimum atomic E-state index is -0.900. The Bertz CT molecular complexity index is 219. The summed E-state index contributed by atoms with van der Waals surface area (Å²) < 4.78 is 0. The predicted molar refractivity (Wildman–Crippen MR) is 42.8 cm³/mol. The average molecular weight is 188 g/mol. The first kappa shape index (κ1) is 9.94. The van der Waals surface area contributed by atoms with E-state index in [4.69, 9.17) is 10.2 Å². The van der Waals surface area contributed by atoms with Gasteiger partial charge in [0.1, 0.15) is 6.04 Å². The topological polar surface area (TPSA) is 98.7 Å². The molecule has 6 nitrogen and oxygen atoms in total. The molecular formula is C7H12N2O4. The van der Waals surface area contributed by atoms with Crippen molar-refractivity contribution in [3.63, 3.8) is 0 Å². The minimum Gasteiger partial charge on any atom is -0.481 e. The SMILES string of the molecule is O=C(O)CCC1NC(=O)C(CO)N1. The molecule has 1 aliphatic heterocycles. The van der Waals surface area contributed by atoms with Crippen LogP contribution < -0.4 is 10.6 Å². The van der Waals surface area contributed by atoms with E-state index in [9.17, 15) is 9.59 Å². The van der Waals surface area contributed by atoms with Gasteiger partial charge in [0.25, 0.3) is 0 Å². The fraction of sp³-hybridized carbons (Fsp3) is 0.714. The van der Waals surface area contributed by atoms with E-state index < -0.39 is 12.0 Å². The number of aliphatic hydroxyl groups excluding tert-OH is 1. The van der Waals surface area contributed by atoms with Crippen LogP contribution in [0.3, 0.4) is 0 Å². The smallest absolute Gasteiger partial charge is 0.303 e. The lowest BCUT2D eigenvalue weighted by molar-refractivity contribution is -0.137. The molecule has 0 aliphatic carbocycles. The number of carbonyl (C=O) groups excluding carboxylic acids is 1. The molecule has 1 amide bonds. The summed E-state index contributed by atoms with van der Waals surface area (Å²) in [5.74, 6) is -1.18. The first-order valence-corrected chi connectivity index (χ1v) is 4.02. The third-order valence-electron chi connectivity index (χ3n) is 1.86. The second-order valence-corrected chi connectivity index (χ2v) is 2.90. The van der Waals surface area contributed by atoms with Crippen LogP contribution in [0.25, 0.3) is 0 Å². The Morgan fingerprint density at radius 1 is 1.54 bits per heavy atom. The summed E-state index contributed by atoms with van der Waals surface area (Å²) in [7, 11) is 0. The standard InChI is InChI=1S/C7H12N2O4/c10-3-4-7(13)9-5(8-4)1-2-6(11)12/h4-5,8,10H,1-3H2,(H,9,13)(H,11,12). The number of aliphatic carboxylic acids is 1. The van der Waals surface area contributed by atoms with Crippen molar-refractivity contribution >= 4 is 11.9 Å². The van der Waals surface area contributed by atoms with Gasteiger partial charge in [-0.25, -0.2) is 0 Å². The summed E-state index contributed by atoms with van der Waals surface area (Å²) >= 11 is 0. The van der Waals surface area contributed by atoms with Crippen molar-refractivity contribution in [1.29, 1.82) is 0 Å². The number of carbonyl (C=O) groups is 2. The van der Waals surface area contributed by atoms with Crippen molar-refractivity contribution in [2.45, 2.75) is 25.0 Å². The molecule has 2 atom stereocenters. The third-order valence-corrected chi connectivity index (χ3v) is 1.86. The van der Waals surface area contributed by atoms with E-state index in [1.807, 2.05) is 0 Å². The quantitative estimate of drug-likeness (QED) is 0.419. The Kier molecular flexibility index (Phi) is 3.21. The Labute approximate surface area is 74.9 Å². The van der Waals surface area contributed by atoms with E-state index in [1.54, 1.807) is 0 Å². The largest absolute Gasteiger partial charge is 0.481 e. The van der Waals surface area contributed by atoms with Crippen molar-refractivity contribution < 1.29 is 19.8 Å². The maximum atomic E-state index is 11.0. The molecule has 1 aliphatic rings. The molecule has 0 aromatic heterocycles. The van der Waals surface area contributed by atoms with Gasteiger partial charge in [0.2, 0.25) is 5.91 Å². The first-order chi connectivity index (χ1) is 6.13. The second-order valence-electron chi connectivity index (χ2n) is 2.90. The summed E-state index contributed by atoms with van der Waals surface area (Å²) in [5, 5.41) is 22.4. The molecule has 0 aromatic rings. The van der Waals surface area contributed by atoms with Crippen LogP contribution in [0.2, 0.25) is 0 Å². The highest BCUT2D eigenvalue weighted by Gasteiger charge is 2.30. The molecule has 1 saturated heterocycles. The molecule has 0 saturated carbocycles. The molecule has 74 valence electrons. The third kappa shape index (κ3) is 2.67. The van der Waals surface area contributed by atoms with E-state index in [0.717, 1.165) is 0 Å². The highest BCUT2D eigenvalue weighted by atomic mass is 16.4. The highest BCUT2D eigenvalue weighted by Crippen LogP contribution is 2.02. The van der Waals surface area contributed by atoms with Crippen LogP contribution >= 0.6 is 0 Å². The summed E-state index contributed by atoms with van der Waals surface area (Å²) in [4.78, 5) is 21.2. The van der Waals surface area contributed by atoms with Crippen molar-refractivity contribution in [2.24, 2.45) is 0 Å². The molecule has 1 fully saturated rings. The van der Waals surface area contributed by atoms with Gasteiger partial charge in [0.15, 0.2) is 0 Å². The Morgan fingerprint density at radius 2 is 2.23 bits per heavy atom. The van der Waals surface area contributed by atoms with Gasteiger partial charge in [0.05, 0.1) is 12.8 Å². The van der Waals surface area contributed by atoms with Crippen LogP contribution in [0.5, 0.6) is 0 Å². The lowest BCUT2D eigenvalue weighted by Crippen LogP contribution is -2.35. The number of aliphatic hydroxyl groups is 1. The van der Waals surface area contributed by atoms with Gasteiger partial charge in [-0.05, 0) is 6.42 Å². The van der Waals surface area contributed by atoms with Crippen LogP contribution in [0, 0.1) is 0 Å². The number of carboxylic acids is 1. The molecule has 2 unspecified atom stereocenters. The maximum absolute atomic E-state index is 11.0. The zero-order chi connectivity index (χ0) is 9.84. The second kappa shape index (κ2) is 4.20. The number of hydrogen-bond acceptors (Lipinski definition) is 4. The normalized spacial score (nSPS) is 27.3. The van der Waals surface area contributed by atoms with Crippen molar-refractivity contribution in [3.8, 4) is 0 Å². The molecule has 1 rings (SSSR count). The monoisotopic (exact) mass is 188 g/mol. The van der Waals surface area contributed by atoms with Crippen molar-refractivity contribution in [3.05, 3.63) is 0 Å². The number of hydrogen-bond donors (Lipinski definition) is 4. The molecule has 0 radical (unpaired) electrons. The van der Waals surface area contributed by atoms with Crippen LogP contribution in [0.15, 0.2) is 0 Å². The first-order valence-electron chi connectivity index (χ1n) is 4.02. The molecule has 0 aromatic carbocycles. The van der Waals surface area contributed by atoms with Gasteiger partial charge in [-0.2, -0.15) is 0 Å². The van der Waals surface area contributed by atoms with Crippen LogP contribution in [0.4, 0.5) is 0 Å². The lowest BCUT2D eigenvalue weighted by Gasteiger charge is -2.08. The molecular weight excluding hydrogens is 176 g/mol. The minimum absolute atomic E-state index is 0.00387. The summed E-state index contributed by atoms with van der Waals surface area (Å²) in [6.45, 7) is -0.268.